The molecule has 0 radical (unpaired) electrons. The highest BCUT2D eigenvalue weighted by Gasteiger charge is 2.21. The number of hydrogen-bond acceptors (Lipinski definition) is 3. The largest absolute Gasteiger partial charge is 0.381 e. The Bertz CT molecular complexity index is 66.1. The second-order valence-corrected chi connectivity index (χ2v) is 2.04. The minimum atomic E-state index is -1.18. The van der Waals surface area contributed by atoms with E-state index in [1.54, 1.807) is 0 Å². The molecule has 0 bridgehead atoms. The van der Waals surface area contributed by atoms with Crippen molar-refractivity contribution in [2.24, 2.45) is 5.92 Å². The van der Waals surface area contributed by atoms with E-state index in [4.69, 9.17) is 14.9 Å². The summed E-state index contributed by atoms with van der Waals surface area (Å²) in [6.45, 7) is 1.17. The lowest BCUT2D eigenvalue weighted by Crippen LogP contribution is -2.18. The molecule has 1 fully saturated rings. The average Bonchev–Trinajstić information content (AvgIpc) is 2.12. The lowest BCUT2D eigenvalue weighted by molar-refractivity contribution is -0.0838. The summed E-state index contributed by atoms with van der Waals surface area (Å²) in [6.07, 6.45) is -0.407. The summed E-state index contributed by atoms with van der Waals surface area (Å²) in [5.41, 5.74) is 0. The molecule has 0 aromatic carbocycles. The first kappa shape index (κ1) is 6.01. The molecule has 0 aromatic rings. The molecule has 1 atom stereocenters. The Morgan fingerprint density at radius 1 is 1.50 bits per heavy atom. The van der Waals surface area contributed by atoms with Crippen molar-refractivity contribution in [1.82, 2.24) is 0 Å². The molecular weight excluding hydrogens is 108 g/mol. The number of aliphatic hydroxyl groups is 2. The van der Waals surface area contributed by atoms with Gasteiger partial charge in [-0.25, -0.2) is 0 Å². The number of aliphatic hydroxyl groups excluding tert-OH is 1. The van der Waals surface area contributed by atoms with Gasteiger partial charge in [0.1, 0.15) is 0 Å². The van der Waals surface area contributed by atoms with Gasteiger partial charge < -0.3 is 14.9 Å². The van der Waals surface area contributed by atoms with E-state index < -0.39 is 6.29 Å². The quantitative estimate of drug-likeness (QED) is 0.449. The summed E-state index contributed by atoms with van der Waals surface area (Å²) in [5.74, 6) is -0.0463. The van der Waals surface area contributed by atoms with E-state index in [1.807, 2.05) is 0 Å². The van der Waals surface area contributed by atoms with Gasteiger partial charge in [-0.1, -0.05) is 0 Å². The maximum absolute atomic E-state index is 8.53. The van der Waals surface area contributed by atoms with Crippen LogP contribution in [0.2, 0.25) is 0 Å². The summed E-state index contributed by atoms with van der Waals surface area (Å²) in [4.78, 5) is 0. The SMILES string of the molecule is OC(O)[C@@H]1CCOC1. The van der Waals surface area contributed by atoms with Crippen molar-refractivity contribution in [1.29, 1.82) is 0 Å². The second kappa shape index (κ2) is 2.44. The molecule has 1 saturated heterocycles. The Balaban J connectivity index is 2.24. The lowest BCUT2D eigenvalue weighted by atomic mass is 10.1. The van der Waals surface area contributed by atoms with Crippen LogP contribution in [0.4, 0.5) is 0 Å². The van der Waals surface area contributed by atoms with Crippen LogP contribution in [-0.2, 0) is 4.74 Å². The molecule has 1 heterocycles. The second-order valence-electron chi connectivity index (χ2n) is 2.04. The molecule has 3 heteroatoms. The maximum atomic E-state index is 8.53. The first-order valence-electron chi connectivity index (χ1n) is 2.74. The Hall–Kier alpha value is -0.120. The van der Waals surface area contributed by atoms with Crippen LogP contribution < -0.4 is 0 Å². The fraction of sp³-hybridized carbons (Fsp3) is 1.00. The molecule has 0 spiro atoms. The van der Waals surface area contributed by atoms with Crippen LogP contribution in [0, 0.1) is 5.92 Å². The summed E-state index contributed by atoms with van der Waals surface area (Å²) in [6, 6.07) is 0. The van der Waals surface area contributed by atoms with Gasteiger partial charge in [0.2, 0.25) is 0 Å². The molecule has 1 rings (SSSR count). The van der Waals surface area contributed by atoms with Crippen LogP contribution in [0.25, 0.3) is 0 Å². The zero-order valence-electron chi connectivity index (χ0n) is 4.58. The summed E-state index contributed by atoms with van der Waals surface area (Å²) < 4.78 is 4.90. The van der Waals surface area contributed by atoms with E-state index >= 15 is 0 Å². The molecule has 1 aliphatic rings. The lowest BCUT2D eigenvalue weighted by Gasteiger charge is -2.07. The van der Waals surface area contributed by atoms with Crippen LogP contribution in [0.1, 0.15) is 6.42 Å². The topological polar surface area (TPSA) is 49.7 Å². The Morgan fingerprint density at radius 2 is 2.25 bits per heavy atom. The highest BCUT2D eigenvalue weighted by molar-refractivity contribution is 4.64. The van der Waals surface area contributed by atoms with Gasteiger partial charge in [-0.15, -0.1) is 0 Å². The van der Waals surface area contributed by atoms with Crippen LogP contribution in [0.5, 0.6) is 0 Å². The van der Waals surface area contributed by atoms with Crippen LogP contribution in [-0.4, -0.2) is 29.7 Å². The van der Waals surface area contributed by atoms with E-state index in [2.05, 4.69) is 0 Å². The van der Waals surface area contributed by atoms with Crippen molar-refractivity contribution < 1.29 is 14.9 Å². The number of rotatable bonds is 1. The normalized spacial score (nSPS) is 29.6. The molecule has 1 aliphatic heterocycles. The third kappa shape index (κ3) is 1.18. The minimum absolute atomic E-state index is 0.0463. The van der Waals surface area contributed by atoms with Gasteiger partial charge in [0.15, 0.2) is 6.29 Å². The van der Waals surface area contributed by atoms with E-state index in [1.165, 1.54) is 0 Å². The van der Waals surface area contributed by atoms with Gasteiger partial charge in [-0.05, 0) is 6.42 Å². The highest BCUT2D eigenvalue weighted by Crippen LogP contribution is 2.14. The molecular formula is C5H10O3. The van der Waals surface area contributed by atoms with Gasteiger partial charge in [0.25, 0.3) is 0 Å². The fourth-order valence-electron chi connectivity index (χ4n) is 0.788. The molecule has 0 saturated carbocycles. The maximum Gasteiger partial charge on any atom is 0.156 e. The predicted octanol–water partition coefficient (Wildman–Crippen LogP) is -0.666. The minimum Gasteiger partial charge on any atom is -0.381 e. The molecule has 2 N–H and O–H groups in total. The first-order chi connectivity index (χ1) is 3.80. The third-order valence-corrected chi connectivity index (χ3v) is 1.39. The van der Waals surface area contributed by atoms with Gasteiger partial charge in [0, 0.05) is 12.5 Å². The summed E-state index contributed by atoms with van der Waals surface area (Å²) >= 11 is 0. The number of ether oxygens (including phenoxy) is 1. The van der Waals surface area contributed by atoms with E-state index in [0.29, 0.717) is 13.2 Å². The van der Waals surface area contributed by atoms with Crippen molar-refractivity contribution in [2.45, 2.75) is 12.7 Å². The predicted molar refractivity (Wildman–Crippen MR) is 27.2 cm³/mol. The zero-order chi connectivity index (χ0) is 5.98. The van der Waals surface area contributed by atoms with Crippen molar-refractivity contribution in [3.05, 3.63) is 0 Å². The highest BCUT2D eigenvalue weighted by atomic mass is 16.5. The van der Waals surface area contributed by atoms with Gasteiger partial charge >= 0.3 is 0 Å². The molecule has 3 nitrogen and oxygen atoms in total. The fourth-order valence-corrected chi connectivity index (χ4v) is 0.788. The Labute approximate surface area is 47.9 Å². The molecule has 0 aliphatic carbocycles. The molecule has 8 heavy (non-hydrogen) atoms. The van der Waals surface area contributed by atoms with Gasteiger partial charge in [0.05, 0.1) is 6.61 Å². The molecule has 0 amide bonds. The van der Waals surface area contributed by atoms with Crippen molar-refractivity contribution in [3.8, 4) is 0 Å². The standard InChI is InChI=1S/C5H10O3/c6-5(7)4-1-2-8-3-4/h4-7H,1-3H2/t4-/m1/s1. The third-order valence-electron chi connectivity index (χ3n) is 1.39. The monoisotopic (exact) mass is 118 g/mol. The Morgan fingerprint density at radius 3 is 2.50 bits per heavy atom. The summed E-state index contributed by atoms with van der Waals surface area (Å²) in [7, 11) is 0. The van der Waals surface area contributed by atoms with E-state index in [9.17, 15) is 0 Å². The van der Waals surface area contributed by atoms with Gasteiger partial charge in [-0.2, -0.15) is 0 Å². The van der Waals surface area contributed by atoms with Crippen LogP contribution in [0.15, 0.2) is 0 Å². The van der Waals surface area contributed by atoms with Crippen molar-refractivity contribution in [3.63, 3.8) is 0 Å². The van der Waals surface area contributed by atoms with Crippen molar-refractivity contribution in [2.75, 3.05) is 13.2 Å². The van der Waals surface area contributed by atoms with E-state index in [-0.39, 0.29) is 5.92 Å². The van der Waals surface area contributed by atoms with Gasteiger partial charge in [-0.3, -0.25) is 0 Å². The van der Waals surface area contributed by atoms with Crippen LogP contribution in [0.3, 0.4) is 0 Å². The van der Waals surface area contributed by atoms with E-state index in [0.717, 1.165) is 6.42 Å². The molecule has 0 unspecified atom stereocenters. The number of hydrogen-bond donors (Lipinski definition) is 2. The molecule has 0 aromatic heterocycles. The van der Waals surface area contributed by atoms with Crippen molar-refractivity contribution >= 4 is 0 Å². The Kier molecular flexibility index (Phi) is 1.83. The average molecular weight is 118 g/mol. The van der Waals surface area contributed by atoms with Crippen LogP contribution >= 0.6 is 0 Å². The first-order valence-corrected chi connectivity index (χ1v) is 2.74. The summed E-state index contributed by atoms with van der Waals surface area (Å²) in [5, 5.41) is 17.1. The smallest absolute Gasteiger partial charge is 0.156 e. The molecule has 48 valence electrons. The zero-order valence-corrected chi connectivity index (χ0v) is 4.58.